The monoisotopic (exact) mass is 333 g/mol. The number of carbonyl (C=O) groups excluding carboxylic acids is 1. The van der Waals surface area contributed by atoms with Crippen LogP contribution in [0, 0.1) is 0 Å². The summed E-state index contributed by atoms with van der Waals surface area (Å²) < 4.78 is 0. The first-order valence-electron chi connectivity index (χ1n) is 7.61. The van der Waals surface area contributed by atoms with Crippen LogP contribution in [0.15, 0.2) is 54.6 Å². The van der Waals surface area contributed by atoms with Gasteiger partial charge < -0.3 is 16.0 Å². The molecule has 2 rings (SSSR count). The Balaban J connectivity index is 0.00000264. The third-order valence-electron chi connectivity index (χ3n) is 3.52. The van der Waals surface area contributed by atoms with Crippen LogP contribution in [0.25, 0.3) is 0 Å². The predicted molar refractivity (Wildman–Crippen MR) is 98.2 cm³/mol. The molecule has 23 heavy (non-hydrogen) atoms. The van der Waals surface area contributed by atoms with Gasteiger partial charge in [-0.05, 0) is 36.8 Å². The van der Waals surface area contributed by atoms with E-state index in [1.165, 1.54) is 5.56 Å². The Labute approximate surface area is 144 Å². The highest BCUT2D eigenvalue weighted by Gasteiger charge is 2.08. The third kappa shape index (κ3) is 5.58. The first-order chi connectivity index (χ1) is 10.7. The summed E-state index contributed by atoms with van der Waals surface area (Å²) in [6.45, 7) is 4.84. The van der Waals surface area contributed by atoms with Crippen LogP contribution in [-0.4, -0.2) is 25.5 Å². The number of anilines is 1. The molecule has 0 aliphatic rings. The van der Waals surface area contributed by atoms with Crippen LogP contribution in [0.1, 0.15) is 22.8 Å². The molecule has 124 valence electrons. The molecular formula is C18H24ClN3O. The fraction of sp³-hybridized carbons (Fsp3) is 0.278. The average Bonchev–Trinajstić information content (AvgIpc) is 2.58. The summed E-state index contributed by atoms with van der Waals surface area (Å²) in [5.74, 6) is -0.0805. The van der Waals surface area contributed by atoms with Crippen LogP contribution in [-0.2, 0) is 6.54 Å². The van der Waals surface area contributed by atoms with E-state index >= 15 is 0 Å². The number of halogens is 1. The van der Waals surface area contributed by atoms with Crippen molar-refractivity contribution in [2.75, 3.05) is 24.5 Å². The third-order valence-corrected chi connectivity index (χ3v) is 3.52. The summed E-state index contributed by atoms with van der Waals surface area (Å²) in [7, 11) is 0. The van der Waals surface area contributed by atoms with E-state index in [4.69, 9.17) is 5.73 Å². The van der Waals surface area contributed by atoms with Gasteiger partial charge in [-0.25, -0.2) is 0 Å². The lowest BCUT2D eigenvalue weighted by Crippen LogP contribution is -2.29. The molecule has 2 aromatic carbocycles. The first-order valence-corrected chi connectivity index (χ1v) is 7.61. The van der Waals surface area contributed by atoms with E-state index in [1.807, 2.05) is 42.5 Å². The summed E-state index contributed by atoms with van der Waals surface area (Å²) in [6.07, 6.45) is 0. The van der Waals surface area contributed by atoms with Gasteiger partial charge in [0.1, 0.15) is 0 Å². The second-order valence-electron chi connectivity index (χ2n) is 5.09. The lowest BCUT2D eigenvalue weighted by atomic mass is 10.1. The van der Waals surface area contributed by atoms with Crippen LogP contribution >= 0.6 is 12.4 Å². The number of hydrogen-bond donors (Lipinski definition) is 2. The van der Waals surface area contributed by atoms with Gasteiger partial charge in [0, 0.05) is 37.4 Å². The van der Waals surface area contributed by atoms with Crippen LogP contribution in [0.5, 0.6) is 0 Å². The van der Waals surface area contributed by atoms with Crippen molar-refractivity contribution in [3.8, 4) is 0 Å². The fourth-order valence-corrected chi connectivity index (χ4v) is 2.30. The van der Waals surface area contributed by atoms with Gasteiger partial charge in [0.2, 0.25) is 0 Å². The molecule has 0 aliphatic carbocycles. The SMILES string of the molecule is CCN(Cc1ccccc1)c1ccc(C(=O)NCCN)cc1.Cl. The maximum atomic E-state index is 11.9. The molecule has 0 aromatic heterocycles. The fourth-order valence-electron chi connectivity index (χ4n) is 2.30. The summed E-state index contributed by atoms with van der Waals surface area (Å²) in [5, 5.41) is 2.77. The van der Waals surface area contributed by atoms with Crippen molar-refractivity contribution in [1.82, 2.24) is 5.32 Å². The number of amides is 1. The molecular weight excluding hydrogens is 310 g/mol. The van der Waals surface area contributed by atoms with Crippen molar-refractivity contribution >= 4 is 24.0 Å². The smallest absolute Gasteiger partial charge is 0.251 e. The van der Waals surface area contributed by atoms with Crippen molar-refractivity contribution in [2.45, 2.75) is 13.5 Å². The van der Waals surface area contributed by atoms with E-state index < -0.39 is 0 Å². The summed E-state index contributed by atoms with van der Waals surface area (Å²) >= 11 is 0. The summed E-state index contributed by atoms with van der Waals surface area (Å²) in [6, 6.07) is 18.1. The zero-order chi connectivity index (χ0) is 15.8. The number of nitrogens with one attached hydrogen (secondary N) is 1. The molecule has 0 aliphatic heterocycles. The van der Waals surface area contributed by atoms with Crippen molar-refractivity contribution in [1.29, 1.82) is 0 Å². The lowest BCUT2D eigenvalue weighted by molar-refractivity contribution is 0.0955. The van der Waals surface area contributed by atoms with Crippen LogP contribution in [0.3, 0.4) is 0 Å². The minimum atomic E-state index is -0.0805. The standard InChI is InChI=1S/C18H23N3O.ClH/c1-2-21(14-15-6-4-3-5-7-15)17-10-8-16(9-11-17)18(22)20-13-12-19;/h3-11H,2,12-14,19H2,1H3,(H,20,22);1H. The number of nitrogens with zero attached hydrogens (tertiary/aromatic N) is 1. The Morgan fingerprint density at radius 2 is 1.74 bits per heavy atom. The van der Waals surface area contributed by atoms with Crippen LogP contribution in [0.4, 0.5) is 5.69 Å². The minimum Gasteiger partial charge on any atom is -0.367 e. The molecule has 3 N–H and O–H groups in total. The molecule has 5 heteroatoms. The zero-order valence-electron chi connectivity index (χ0n) is 13.4. The molecule has 0 atom stereocenters. The number of nitrogens with two attached hydrogens (primary N) is 1. The first kappa shape index (κ1) is 19.0. The Morgan fingerprint density at radius 3 is 2.30 bits per heavy atom. The molecule has 0 heterocycles. The Hall–Kier alpha value is -2.04. The zero-order valence-corrected chi connectivity index (χ0v) is 14.2. The highest BCUT2D eigenvalue weighted by molar-refractivity contribution is 5.94. The van der Waals surface area contributed by atoms with Gasteiger partial charge in [-0.15, -0.1) is 12.4 Å². The van der Waals surface area contributed by atoms with E-state index in [0.717, 1.165) is 18.8 Å². The molecule has 0 radical (unpaired) electrons. The molecule has 0 spiro atoms. The maximum Gasteiger partial charge on any atom is 0.251 e. The normalized spacial score (nSPS) is 9.83. The summed E-state index contributed by atoms with van der Waals surface area (Å²) in [4.78, 5) is 14.1. The Morgan fingerprint density at radius 1 is 1.09 bits per heavy atom. The molecule has 1 amide bonds. The highest BCUT2D eigenvalue weighted by Crippen LogP contribution is 2.18. The molecule has 0 saturated heterocycles. The van der Waals surface area contributed by atoms with Gasteiger partial charge in [-0.3, -0.25) is 4.79 Å². The molecule has 0 saturated carbocycles. The van der Waals surface area contributed by atoms with Gasteiger partial charge in [-0.1, -0.05) is 30.3 Å². The number of benzene rings is 2. The van der Waals surface area contributed by atoms with Crippen molar-refractivity contribution < 1.29 is 4.79 Å². The van der Waals surface area contributed by atoms with Crippen molar-refractivity contribution in [3.63, 3.8) is 0 Å². The van der Waals surface area contributed by atoms with Crippen LogP contribution in [0.2, 0.25) is 0 Å². The van der Waals surface area contributed by atoms with Crippen LogP contribution < -0.4 is 16.0 Å². The highest BCUT2D eigenvalue weighted by atomic mass is 35.5. The van der Waals surface area contributed by atoms with Gasteiger partial charge in [0.25, 0.3) is 5.91 Å². The second kappa shape index (κ2) is 9.87. The van der Waals surface area contributed by atoms with Gasteiger partial charge in [0.05, 0.1) is 0 Å². The number of rotatable bonds is 7. The summed E-state index contributed by atoms with van der Waals surface area (Å²) in [5.41, 5.74) is 8.43. The second-order valence-corrected chi connectivity index (χ2v) is 5.09. The molecule has 0 fully saturated rings. The lowest BCUT2D eigenvalue weighted by Gasteiger charge is -2.23. The largest absolute Gasteiger partial charge is 0.367 e. The quantitative estimate of drug-likeness (QED) is 0.819. The Kier molecular flexibility index (Phi) is 8.16. The van der Waals surface area contributed by atoms with E-state index in [1.54, 1.807) is 0 Å². The molecule has 2 aromatic rings. The van der Waals surface area contributed by atoms with E-state index in [0.29, 0.717) is 18.7 Å². The van der Waals surface area contributed by atoms with E-state index in [9.17, 15) is 4.79 Å². The average molecular weight is 334 g/mol. The molecule has 0 unspecified atom stereocenters. The van der Waals surface area contributed by atoms with Gasteiger partial charge in [-0.2, -0.15) is 0 Å². The minimum absolute atomic E-state index is 0. The topological polar surface area (TPSA) is 58.4 Å². The van der Waals surface area contributed by atoms with Crippen molar-refractivity contribution in [3.05, 3.63) is 65.7 Å². The van der Waals surface area contributed by atoms with E-state index in [-0.39, 0.29) is 18.3 Å². The predicted octanol–water partition coefficient (Wildman–Crippen LogP) is 2.82. The number of carbonyl (C=O) groups is 1. The van der Waals surface area contributed by atoms with Gasteiger partial charge in [0.15, 0.2) is 0 Å². The molecule has 0 bridgehead atoms. The Bertz CT molecular complexity index is 587. The number of hydrogen-bond acceptors (Lipinski definition) is 3. The molecule has 4 nitrogen and oxygen atoms in total. The van der Waals surface area contributed by atoms with E-state index in [2.05, 4.69) is 29.3 Å². The maximum absolute atomic E-state index is 11.9. The van der Waals surface area contributed by atoms with Crippen molar-refractivity contribution in [2.24, 2.45) is 5.73 Å². The van der Waals surface area contributed by atoms with Gasteiger partial charge >= 0.3 is 0 Å².